The highest BCUT2D eigenvalue weighted by Crippen LogP contribution is 2.23. The second kappa shape index (κ2) is 8.60. The van der Waals surface area contributed by atoms with Gasteiger partial charge >= 0.3 is 11.7 Å². The van der Waals surface area contributed by atoms with Crippen molar-refractivity contribution in [1.82, 2.24) is 4.90 Å². The summed E-state index contributed by atoms with van der Waals surface area (Å²) in [6, 6.07) is 6.86. The van der Waals surface area contributed by atoms with Crippen molar-refractivity contribution in [3.05, 3.63) is 56.9 Å². The number of rotatable bonds is 7. The van der Waals surface area contributed by atoms with Gasteiger partial charge in [-0.15, -0.1) is 0 Å². The lowest BCUT2D eigenvalue weighted by Crippen LogP contribution is -2.36. The van der Waals surface area contributed by atoms with Crippen molar-refractivity contribution in [2.75, 3.05) is 13.1 Å². The first-order valence-electron chi connectivity index (χ1n) is 8.81. The van der Waals surface area contributed by atoms with Crippen LogP contribution >= 0.6 is 0 Å². The smallest absolute Gasteiger partial charge is 0.409 e. The Morgan fingerprint density at radius 3 is 2.19 bits per heavy atom. The molecule has 7 heteroatoms. The Balaban J connectivity index is 2.44. The largest absolute Gasteiger partial charge is 0.473 e. The molecule has 0 saturated carbocycles. The van der Waals surface area contributed by atoms with Crippen LogP contribution in [0.25, 0.3) is 0 Å². The Morgan fingerprint density at radius 2 is 1.73 bits per heavy atom. The number of nitro groups is 1. The molecule has 1 saturated heterocycles. The Kier molecular flexibility index (Phi) is 6.49. The summed E-state index contributed by atoms with van der Waals surface area (Å²) >= 11 is 0. The number of carboxylic acids is 1. The number of ketones is 1. The minimum absolute atomic E-state index is 0.263. The molecule has 0 unspecified atom stereocenters. The molecule has 7 nitrogen and oxygen atoms in total. The van der Waals surface area contributed by atoms with Gasteiger partial charge in [0.05, 0.1) is 4.92 Å². The molecule has 1 aliphatic heterocycles. The predicted molar refractivity (Wildman–Crippen MR) is 96.4 cm³/mol. The maximum Gasteiger partial charge on any atom is 0.409 e. The number of benzene rings is 1. The number of nitrogens with zero attached hydrogens (tertiary/aromatic N) is 2. The van der Waals surface area contributed by atoms with Gasteiger partial charge in [-0.3, -0.25) is 14.9 Å². The van der Waals surface area contributed by atoms with Crippen molar-refractivity contribution < 1.29 is 19.6 Å². The number of likely N-dealkylation sites (tertiary alicyclic amines) is 1. The molecule has 1 aromatic rings. The van der Waals surface area contributed by atoms with Crippen LogP contribution in [0, 0.1) is 16.0 Å². The van der Waals surface area contributed by atoms with Crippen LogP contribution in [-0.2, 0) is 11.2 Å². The van der Waals surface area contributed by atoms with Crippen molar-refractivity contribution in [3.8, 4) is 0 Å². The summed E-state index contributed by atoms with van der Waals surface area (Å²) in [6.45, 7) is 5.06. The number of carbonyl (C=O) groups is 2. The zero-order valence-electron chi connectivity index (χ0n) is 15.1. The van der Waals surface area contributed by atoms with Gasteiger partial charge in [-0.2, -0.15) is 0 Å². The second-order valence-corrected chi connectivity index (χ2v) is 6.93. The lowest BCUT2D eigenvalue weighted by molar-refractivity contribution is -0.422. The highest BCUT2D eigenvalue weighted by atomic mass is 16.6. The van der Waals surface area contributed by atoms with E-state index >= 15 is 0 Å². The molecule has 0 aliphatic carbocycles. The highest BCUT2D eigenvalue weighted by molar-refractivity contribution is 6.11. The average Bonchev–Trinajstić information content (AvgIpc) is 2.59. The highest BCUT2D eigenvalue weighted by Gasteiger charge is 2.36. The monoisotopic (exact) mass is 360 g/mol. The van der Waals surface area contributed by atoms with Crippen molar-refractivity contribution in [2.45, 2.75) is 39.5 Å². The topological polar surface area (TPSA) is 101 Å². The Morgan fingerprint density at radius 1 is 1.15 bits per heavy atom. The molecule has 2 rings (SSSR count). The first-order valence-corrected chi connectivity index (χ1v) is 8.81. The van der Waals surface area contributed by atoms with E-state index in [1.54, 1.807) is 17.0 Å². The molecular formula is C19H24N2O5. The minimum Gasteiger partial charge on any atom is -0.473 e. The second-order valence-electron chi connectivity index (χ2n) is 6.93. The third-order valence-corrected chi connectivity index (χ3v) is 4.36. The Labute approximate surface area is 152 Å². The Hall–Kier alpha value is -2.70. The van der Waals surface area contributed by atoms with E-state index in [4.69, 9.17) is 0 Å². The van der Waals surface area contributed by atoms with Gasteiger partial charge in [0.25, 0.3) is 0 Å². The van der Waals surface area contributed by atoms with Crippen LogP contribution in [0.1, 0.15) is 49.0 Å². The van der Waals surface area contributed by atoms with Gasteiger partial charge in [-0.25, -0.2) is 4.79 Å². The van der Waals surface area contributed by atoms with Crippen LogP contribution in [0.4, 0.5) is 0 Å². The average molecular weight is 360 g/mol. The number of carboxylic acid groups (broad SMARTS) is 1. The quantitative estimate of drug-likeness (QED) is 0.347. The van der Waals surface area contributed by atoms with Crippen LogP contribution in [0.15, 0.2) is 35.7 Å². The zero-order valence-corrected chi connectivity index (χ0v) is 15.1. The van der Waals surface area contributed by atoms with Crippen molar-refractivity contribution >= 4 is 11.8 Å². The zero-order chi connectivity index (χ0) is 19.3. The van der Waals surface area contributed by atoms with Gasteiger partial charge < -0.3 is 10.0 Å². The molecule has 0 radical (unpaired) electrons. The molecule has 0 aromatic heterocycles. The van der Waals surface area contributed by atoms with E-state index in [0.717, 1.165) is 31.2 Å². The molecular weight excluding hydrogens is 336 g/mol. The summed E-state index contributed by atoms with van der Waals surface area (Å²) < 4.78 is 0. The van der Waals surface area contributed by atoms with Crippen molar-refractivity contribution in [1.29, 1.82) is 0 Å². The summed E-state index contributed by atoms with van der Waals surface area (Å²) in [4.78, 5) is 36.3. The summed E-state index contributed by atoms with van der Waals surface area (Å²) in [5.41, 5.74) is -0.0477. The van der Waals surface area contributed by atoms with Crippen LogP contribution in [0.3, 0.4) is 0 Å². The van der Waals surface area contributed by atoms with E-state index < -0.39 is 22.4 Å². The predicted octanol–water partition coefficient (Wildman–Crippen LogP) is 3.13. The van der Waals surface area contributed by atoms with Crippen LogP contribution in [0.5, 0.6) is 0 Å². The molecule has 1 aromatic carbocycles. The van der Waals surface area contributed by atoms with Gasteiger partial charge in [0, 0.05) is 18.7 Å². The summed E-state index contributed by atoms with van der Waals surface area (Å²) in [5, 5.41) is 20.6. The fourth-order valence-electron chi connectivity index (χ4n) is 3.18. The minimum atomic E-state index is -1.69. The Bertz CT molecular complexity index is 700. The van der Waals surface area contributed by atoms with E-state index in [-0.39, 0.29) is 11.3 Å². The normalized spacial score (nSPS) is 15.6. The molecule has 1 fully saturated rings. The molecule has 1 N–H and O–H groups in total. The van der Waals surface area contributed by atoms with Crippen molar-refractivity contribution in [3.63, 3.8) is 0 Å². The van der Waals surface area contributed by atoms with Gasteiger partial charge in [0.2, 0.25) is 5.78 Å². The molecule has 0 spiro atoms. The summed E-state index contributed by atoms with van der Waals surface area (Å²) in [5.74, 6) is -1.84. The molecule has 1 aliphatic rings. The SMILES string of the molecule is CC(C)Cc1ccc(C(=O)/C(=C(/C(=O)O)[N+](=O)[O-])N2CCCCC2)cc1. The van der Waals surface area contributed by atoms with E-state index in [0.29, 0.717) is 19.0 Å². The fraction of sp³-hybridized carbons (Fsp3) is 0.474. The number of allylic oxidation sites excluding steroid dienone is 1. The molecule has 0 bridgehead atoms. The number of carbonyl (C=O) groups excluding carboxylic acids is 1. The fourth-order valence-corrected chi connectivity index (χ4v) is 3.18. The van der Waals surface area contributed by atoms with Gasteiger partial charge in [0.15, 0.2) is 5.70 Å². The maximum atomic E-state index is 13.0. The third kappa shape index (κ3) is 4.68. The van der Waals surface area contributed by atoms with E-state index in [9.17, 15) is 24.8 Å². The van der Waals surface area contributed by atoms with Gasteiger partial charge in [0.1, 0.15) is 0 Å². The number of hydrogen-bond acceptors (Lipinski definition) is 5. The molecule has 0 amide bonds. The first-order chi connectivity index (χ1) is 12.3. The number of Topliss-reactive ketones (excluding diaryl/α,β-unsaturated/α-hetero) is 1. The maximum absolute atomic E-state index is 13.0. The molecule has 1 heterocycles. The lowest BCUT2D eigenvalue weighted by atomic mass is 9.98. The van der Waals surface area contributed by atoms with E-state index in [1.165, 1.54) is 0 Å². The molecule has 140 valence electrons. The lowest BCUT2D eigenvalue weighted by Gasteiger charge is -2.29. The van der Waals surface area contributed by atoms with Crippen LogP contribution in [0.2, 0.25) is 0 Å². The van der Waals surface area contributed by atoms with Crippen molar-refractivity contribution in [2.24, 2.45) is 5.92 Å². The van der Waals surface area contributed by atoms with E-state index in [1.807, 2.05) is 12.1 Å². The van der Waals surface area contributed by atoms with Crippen LogP contribution < -0.4 is 0 Å². The standard InChI is InChI=1S/C19H24N2O5/c1-13(2)12-14-6-8-15(9-7-14)18(22)16(17(19(23)24)21(25)26)20-10-4-3-5-11-20/h6-9,13H,3-5,10-12H2,1-2H3,(H,23,24)/b17-16+. The third-order valence-electron chi connectivity index (χ3n) is 4.36. The van der Waals surface area contributed by atoms with Gasteiger partial charge in [-0.05, 0) is 37.2 Å². The first kappa shape index (κ1) is 19.6. The summed E-state index contributed by atoms with van der Waals surface area (Å²) in [6.07, 6.45) is 3.37. The molecule has 26 heavy (non-hydrogen) atoms. The number of hydrogen-bond donors (Lipinski definition) is 1. The van der Waals surface area contributed by atoms with Gasteiger partial charge in [-0.1, -0.05) is 38.1 Å². The number of piperidine rings is 1. The molecule has 0 atom stereocenters. The van der Waals surface area contributed by atoms with E-state index in [2.05, 4.69) is 13.8 Å². The summed E-state index contributed by atoms with van der Waals surface area (Å²) in [7, 11) is 0. The van der Waals surface area contributed by atoms with Crippen LogP contribution in [-0.4, -0.2) is 39.8 Å². The number of aliphatic carboxylic acids is 1.